The molecule has 0 fully saturated rings. The van der Waals surface area contributed by atoms with Crippen molar-refractivity contribution in [2.75, 3.05) is 0 Å². The molecule has 0 saturated carbocycles. The molecule has 0 saturated heterocycles. The van der Waals surface area contributed by atoms with E-state index in [-0.39, 0.29) is 5.69 Å². The summed E-state index contributed by atoms with van der Waals surface area (Å²) in [6.45, 7) is 1.85. The lowest BCUT2D eigenvalue weighted by molar-refractivity contribution is 0.669. The van der Waals surface area contributed by atoms with Crippen molar-refractivity contribution in [2.24, 2.45) is 7.05 Å². The Bertz CT molecular complexity index is 458. The zero-order chi connectivity index (χ0) is 9.42. The van der Waals surface area contributed by atoms with Crippen LogP contribution < -0.4 is 5.69 Å². The van der Waals surface area contributed by atoms with E-state index in [2.05, 4.69) is 20.6 Å². The van der Waals surface area contributed by atoms with Crippen molar-refractivity contribution in [2.45, 2.75) is 6.92 Å². The lowest BCUT2D eigenvalue weighted by Crippen LogP contribution is -2.19. The topological polar surface area (TPSA) is 81.4 Å². The second-order valence-electron chi connectivity index (χ2n) is 2.69. The van der Waals surface area contributed by atoms with Crippen molar-refractivity contribution in [3.8, 4) is 5.82 Å². The van der Waals surface area contributed by atoms with Crippen molar-refractivity contribution in [1.29, 1.82) is 0 Å². The molecule has 7 heteroatoms. The number of nitrogens with one attached hydrogen (secondary N) is 1. The Hall–Kier alpha value is -1.92. The van der Waals surface area contributed by atoms with Crippen LogP contribution in [0.4, 0.5) is 0 Å². The number of hydrogen-bond acceptors (Lipinski definition) is 4. The van der Waals surface area contributed by atoms with E-state index >= 15 is 0 Å². The first-order valence-corrected chi connectivity index (χ1v) is 3.69. The molecular weight excluding hydrogens is 172 g/mol. The van der Waals surface area contributed by atoms with Gasteiger partial charge >= 0.3 is 5.69 Å². The van der Waals surface area contributed by atoms with Gasteiger partial charge in [0.25, 0.3) is 0 Å². The minimum atomic E-state index is -0.369. The number of H-pyrrole nitrogens is 1. The molecule has 0 aliphatic heterocycles. The van der Waals surface area contributed by atoms with Gasteiger partial charge in [0.1, 0.15) is 0 Å². The van der Waals surface area contributed by atoms with E-state index in [1.807, 2.05) is 6.92 Å². The summed E-state index contributed by atoms with van der Waals surface area (Å²) in [4.78, 5) is 11.2. The SMILES string of the molecule is Cc1cnn(C)c1-n1nn[nH]c1=O. The maximum atomic E-state index is 11.2. The maximum absolute atomic E-state index is 11.2. The molecule has 0 bridgehead atoms. The van der Waals surface area contributed by atoms with Gasteiger partial charge < -0.3 is 0 Å². The Kier molecular flexibility index (Phi) is 1.51. The van der Waals surface area contributed by atoms with E-state index in [1.54, 1.807) is 17.9 Å². The Morgan fingerprint density at radius 2 is 2.31 bits per heavy atom. The van der Waals surface area contributed by atoms with Gasteiger partial charge in [-0.25, -0.2) is 9.89 Å². The average Bonchev–Trinajstić information content (AvgIpc) is 2.60. The lowest BCUT2D eigenvalue weighted by atomic mass is 10.4. The Labute approximate surface area is 73.0 Å². The van der Waals surface area contributed by atoms with Crippen LogP contribution in [0.5, 0.6) is 0 Å². The zero-order valence-corrected chi connectivity index (χ0v) is 7.22. The highest BCUT2D eigenvalue weighted by Gasteiger charge is 2.10. The van der Waals surface area contributed by atoms with E-state index in [1.165, 1.54) is 4.68 Å². The predicted octanol–water partition coefficient (Wildman–Crippen LogP) is -1.00. The molecule has 0 aliphatic carbocycles. The standard InChI is InChI=1S/C6H8N6O/c1-4-3-7-11(2)5(4)12-6(13)8-9-10-12/h3H,1-2H3,(H,8,10,13). The number of rotatable bonds is 1. The zero-order valence-electron chi connectivity index (χ0n) is 7.22. The minimum Gasteiger partial charge on any atom is -0.250 e. The number of aryl methyl sites for hydroxylation is 2. The summed E-state index contributed by atoms with van der Waals surface area (Å²) in [6, 6.07) is 0. The third-order valence-corrected chi connectivity index (χ3v) is 1.76. The van der Waals surface area contributed by atoms with Crippen LogP contribution in [-0.4, -0.2) is 30.0 Å². The van der Waals surface area contributed by atoms with Crippen molar-refractivity contribution < 1.29 is 0 Å². The van der Waals surface area contributed by atoms with Crippen LogP contribution >= 0.6 is 0 Å². The largest absolute Gasteiger partial charge is 0.367 e. The first-order valence-electron chi connectivity index (χ1n) is 3.69. The van der Waals surface area contributed by atoms with Crippen LogP contribution in [0, 0.1) is 6.92 Å². The molecule has 0 atom stereocenters. The molecule has 2 aromatic heterocycles. The van der Waals surface area contributed by atoms with E-state index in [9.17, 15) is 4.79 Å². The Morgan fingerprint density at radius 3 is 2.77 bits per heavy atom. The van der Waals surface area contributed by atoms with Crippen molar-refractivity contribution in [3.63, 3.8) is 0 Å². The Balaban J connectivity index is 2.71. The van der Waals surface area contributed by atoms with E-state index < -0.39 is 0 Å². The molecule has 0 aliphatic rings. The third-order valence-electron chi connectivity index (χ3n) is 1.76. The molecule has 0 amide bonds. The average molecular weight is 180 g/mol. The second-order valence-corrected chi connectivity index (χ2v) is 2.69. The fraction of sp³-hybridized carbons (Fsp3) is 0.333. The summed E-state index contributed by atoms with van der Waals surface area (Å²) in [5, 5.41) is 13.2. The number of hydrogen-bond donors (Lipinski definition) is 1. The predicted molar refractivity (Wildman–Crippen MR) is 43.5 cm³/mol. The molecule has 0 radical (unpaired) electrons. The Morgan fingerprint density at radius 1 is 1.54 bits per heavy atom. The smallest absolute Gasteiger partial charge is 0.250 e. The highest BCUT2D eigenvalue weighted by Crippen LogP contribution is 2.06. The molecule has 7 nitrogen and oxygen atoms in total. The third kappa shape index (κ3) is 1.05. The van der Waals surface area contributed by atoms with Gasteiger partial charge in [-0.3, -0.25) is 4.68 Å². The van der Waals surface area contributed by atoms with E-state index in [0.29, 0.717) is 5.82 Å². The van der Waals surface area contributed by atoms with Gasteiger partial charge in [0, 0.05) is 12.6 Å². The minimum absolute atomic E-state index is 0.369. The molecule has 13 heavy (non-hydrogen) atoms. The van der Waals surface area contributed by atoms with Gasteiger partial charge in [-0.1, -0.05) is 0 Å². The van der Waals surface area contributed by atoms with Gasteiger partial charge in [0.15, 0.2) is 5.82 Å². The first kappa shape index (κ1) is 7.71. The summed E-state index contributed by atoms with van der Waals surface area (Å²) >= 11 is 0. The highest BCUT2D eigenvalue weighted by atomic mass is 16.2. The fourth-order valence-electron chi connectivity index (χ4n) is 1.18. The molecule has 2 rings (SSSR count). The van der Waals surface area contributed by atoms with E-state index in [4.69, 9.17) is 0 Å². The quantitative estimate of drug-likeness (QED) is 0.610. The summed E-state index contributed by atoms with van der Waals surface area (Å²) < 4.78 is 2.74. The van der Waals surface area contributed by atoms with Gasteiger partial charge in [0.05, 0.1) is 6.20 Å². The normalized spacial score (nSPS) is 10.6. The first-order chi connectivity index (χ1) is 6.20. The van der Waals surface area contributed by atoms with Crippen LogP contribution in [0.15, 0.2) is 11.0 Å². The molecule has 0 aromatic carbocycles. The van der Waals surface area contributed by atoms with Gasteiger partial charge in [-0.15, -0.1) is 4.68 Å². The summed E-state index contributed by atoms with van der Waals surface area (Å²) in [5.74, 6) is 0.624. The number of aromatic nitrogens is 6. The van der Waals surface area contributed by atoms with E-state index in [0.717, 1.165) is 5.56 Å². The van der Waals surface area contributed by atoms with Crippen LogP contribution in [0.2, 0.25) is 0 Å². The number of nitrogens with zero attached hydrogens (tertiary/aromatic N) is 5. The molecule has 0 spiro atoms. The monoisotopic (exact) mass is 180 g/mol. The summed E-state index contributed by atoms with van der Waals surface area (Å²) in [6.07, 6.45) is 1.66. The highest BCUT2D eigenvalue weighted by molar-refractivity contribution is 5.29. The maximum Gasteiger partial charge on any atom is 0.367 e. The van der Waals surface area contributed by atoms with Crippen LogP contribution in [-0.2, 0) is 7.05 Å². The fourth-order valence-corrected chi connectivity index (χ4v) is 1.18. The number of tetrazole rings is 1. The molecule has 68 valence electrons. The summed E-state index contributed by atoms with van der Waals surface area (Å²) in [7, 11) is 1.74. The van der Waals surface area contributed by atoms with Crippen molar-refractivity contribution in [1.82, 2.24) is 30.0 Å². The molecule has 2 heterocycles. The van der Waals surface area contributed by atoms with Crippen LogP contribution in [0.1, 0.15) is 5.56 Å². The summed E-state index contributed by atoms with van der Waals surface area (Å²) in [5.41, 5.74) is 0.505. The van der Waals surface area contributed by atoms with Crippen molar-refractivity contribution >= 4 is 0 Å². The molecule has 1 N–H and O–H groups in total. The van der Waals surface area contributed by atoms with Gasteiger partial charge in [0.2, 0.25) is 0 Å². The molecule has 2 aromatic rings. The lowest BCUT2D eigenvalue weighted by Gasteiger charge is -1.98. The van der Waals surface area contributed by atoms with Crippen LogP contribution in [0.25, 0.3) is 5.82 Å². The van der Waals surface area contributed by atoms with Gasteiger partial charge in [-0.2, -0.15) is 5.10 Å². The van der Waals surface area contributed by atoms with Crippen LogP contribution in [0.3, 0.4) is 0 Å². The molecular formula is C6H8N6O. The molecule has 0 unspecified atom stereocenters. The number of aromatic amines is 1. The van der Waals surface area contributed by atoms with Crippen molar-refractivity contribution in [3.05, 3.63) is 22.2 Å². The van der Waals surface area contributed by atoms with Gasteiger partial charge in [-0.05, 0) is 17.4 Å². The second kappa shape index (κ2) is 2.54.